The van der Waals surface area contributed by atoms with Crippen LogP contribution in [0.2, 0.25) is 0 Å². The number of hydrogen-bond acceptors (Lipinski definition) is 2. The largest absolute Gasteiger partial charge is 0.478 e. The third-order valence-electron chi connectivity index (χ3n) is 0.461. The fourth-order valence-corrected chi connectivity index (χ4v) is 0.189. The first-order chi connectivity index (χ1) is 3.63. The third kappa shape index (κ3) is 4.94. The fourth-order valence-electron chi connectivity index (χ4n) is 0.189. The van der Waals surface area contributed by atoms with Crippen LogP contribution in [0.4, 0.5) is 0 Å². The van der Waals surface area contributed by atoms with Crippen LogP contribution < -0.4 is 0 Å². The molecule has 0 aromatic carbocycles. The molecule has 8 heavy (non-hydrogen) atoms. The van der Waals surface area contributed by atoms with Crippen LogP contribution in [0.1, 0.15) is 0 Å². The lowest BCUT2D eigenvalue weighted by molar-refractivity contribution is -0.131. The zero-order chi connectivity index (χ0) is 6.57. The maximum atomic E-state index is 10.00. The third-order valence-corrected chi connectivity index (χ3v) is 0.461. The first-order valence-corrected chi connectivity index (χ1v) is 2.04. The van der Waals surface area contributed by atoms with Gasteiger partial charge in [0.05, 0.1) is 0 Å². The number of carbonyl (C=O) groups excluding carboxylic acids is 1. The highest BCUT2D eigenvalue weighted by Crippen LogP contribution is 1.70. The Labute approximate surface area is 47.4 Å². The summed E-state index contributed by atoms with van der Waals surface area (Å²) in [6.45, 7) is 0. The summed E-state index contributed by atoms with van der Waals surface area (Å²) in [6.07, 6.45) is 1.81. The zero-order valence-corrected chi connectivity index (χ0v) is 4.42. The topological polar surface area (TPSA) is 54.4 Å². The van der Waals surface area contributed by atoms with E-state index in [9.17, 15) is 9.59 Å². The van der Waals surface area contributed by atoms with Gasteiger partial charge in [-0.1, -0.05) is 0 Å². The standard InChI is InChI=1S/C4H5BO3/c5-3(6)1-2-4(7)8/h1-2H,5H2,(H,7,8)/b2-1-. The average Bonchev–Trinajstić information content (AvgIpc) is 1.61. The van der Waals surface area contributed by atoms with E-state index in [1.807, 2.05) is 0 Å². The van der Waals surface area contributed by atoms with Gasteiger partial charge in [-0.25, -0.2) is 4.79 Å². The molecular formula is C4H5BO3. The molecule has 0 saturated carbocycles. The molecule has 0 saturated heterocycles. The molecule has 0 aliphatic heterocycles. The maximum absolute atomic E-state index is 10.00. The number of carboxylic acid groups (broad SMARTS) is 1. The van der Waals surface area contributed by atoms with Gasteiger partial charge >= 0.3 is 5.97 Å². The zero-order valence-electron chi connectivity index (χ0n) is 4.42. The minimum Gasteiger partial charge on any atom is -0.478 e. The van der Waals surface area contributed by atoms with Crippen LogP contribution in [-0.2, 0) is 9.59 Å². The Hall–Kier alpha value is -1.06. The van der Waals surface area contributed by atoms with Crippen LogP contribution >= 0.6 is 0 Å². The number of allylic oxidation sites excluding steroid dienone is 1. The van der Waals surface area contributed by atoms with E-state index < -0.39 is 5.97 Å². The van der Waals surface area contributed by atoms with Gasteiger partial charge in [0, 0.05) is 6.08 Å². The van der Waals surface area contributed by atoms with E-state index in [0.717, 1.165) is 12.2 Å². The summed E-state index contributed by atoms with van der Waals surface area (Å²) in [5.74, 6) is -1.10. The van der Waals surface area contributed by atoms with E-state index in [-0.39, 0.29) is 5.68 Å². The van der Waals surface area contributed by atoms with Crippen LogP contribution in [-0.4, -0.2) is 24.6 Å². The Morgan fingerprint density at radius 1 is 1.38 bits per heavy atom. The molecule has 4 heteroatoms. The van der Waals surface area contributed by atoms with Gasteiger partial charge in [0.25, 0.3) is 0 Å². The highest BCUT2D eigenvalue weighted by Gasteiger charge is 1.85. The van der Waals surface area contributed by atoms with Crippen LogP contribution in [0.25, 0.3) is 0 Å². The normalized spacial score (nSPS) is 9.50. The molecule has 0 radical (unpaired) electrons. The van der Waals surface area contributed by atoms with E-state index in [4.69, 9.17) is 5.11 Å². The molecule has 42 valence electrons. The minimum atomic E-state index is -1.10. The lowest BCUT2D eigenvalue weighted by atomic mass is 10.0. The van der Waals surface area contributed by atoms with E-state index in [0.29, 0.717) is 0 Å². The monoisotopic (exact) mass is 112 g/mol. The molecule has 0 unspecified atom stereocenters. The Balaban J connectivity index is 3.67. The van der Waals surface area contributed by atoms with E-state index >= 15 is 0 Å². The second-order valence-electron chi connectivity index (χ2n) is 1.28. The van der Waals surface area contributed by atoms with Crippen molar-refractivity contribution < 1.29 is 14.7 Å². The average molecular weight is 112 g/mol. The van der Waals surface area contributed by atoms with E-state index in [1.165, 1.54) is 7.85 Å². The fraction of sp³-hybridized carbons (Fsp3) is 0. The molecule has 0 atom stereocenters. The SMILES string of the molecule is BC(=O)/C=C\C(=O)O. The van der Waals surface area contributed by atoms with Crippen molar-refractivity contribution in [3.8, 4) is 0 Å². The Morgan fingerprint density at radius 3 is 2.00 bits per heavy atom. The van der Waals surface area contributed by atoms with Crippen molar-refractivity contribution in [1.29, 1.82) is 0 Å². The van der Waals surface area contributed by atoms with Crippen molar-refractivity contribution in [2.75, 3.05) is 0 Å². The molecule has 0 fully saturated rings. The van der Waals surface area contributed by atoms with Crippen molar-refractivity contribution in [1.82, 2.24) is 0 Å². The van der Waals surface area contributed by atoms with Crippen molar-refractivity contribution in [3.63, 3.8) is 0 Å². The van der Waals surface area contributed by atoms with Gasteiger partial charge in [-0.3, -0.25) is 0 Å². The molecule has 0 aromatic heterocycles. The molecular weight excluding hydrogens is 107 g/mol. The maximum Gasteiger partial charge on any atom is 0.328 e. The molecule has 0 rings (SSSR count). The predicted molar refractivity (Wildman–Crippen MR) is 30.3 cm³/mol. The van der Waals surface area contributed by atoms with Crippen LogP contribution in [0.5, 0.6) is 0 Å². The molecule has 0 aliphatic carbocycles. The second kappa shape index (κ2) is 3.01. The van der Waals surface area contributed by atoms with Gasteiger partial charge in [0.15, 0.2) is 7.85 Å². The van der Waals surface area contributed by atoms with Gasteiger partial charge in [-0.2, -0.15) is 0 Å². The summed E-state index contributed by atoms with van der Waals surface area (Å²) >= 11 is 0. The second-order valence-corrected chi connectivity index (χ2v) is 1.28. The number of hydrogen-bond donors (Lipinski definition) is 1. The summed E-state index contributed by atoms with van der Waals surface area (Å²) in [7, 11) is 1.29. The van der Waals surface area contributed by atoms with E-state index in [1.54, 1.807) is 0 Å². The van der Waals surface area contributed by atoms with Crippen molar-refractivity contribution in [2.24, 2.45) is 0 Å². The molecule has 0 heterocycles. The van der Waals surface area contributed by atoms with Gasteiger partial charge in [0.1, 0.15) is 5.68 Å². The van der Waals surface area contributed by atoms with Gasteiger partial charge in [0.2, 0.25) is 0 Å². The van der Waals surface area contributed by atoms with Crippen LogP contribution in [0, 0.1) is 0 Å². The number of carbonyl (C=O) groups is 2. The van der Waals surface area contributed by atoms with Gasteiger partial charge < -0.3 is 9.90 Å². The molecule has 3 nitrogen and oxygen atoms in total. The quantitative estimate of drug-likeness (QED) is 0.360. The Morgan fingerprint density at radius 2 is 1.88 bits per heavy atom. The highest BCUT2D eigenvalue weighted by molar-refractivity contribution is 6.61. The first-order valence-electron chi connectivity index (χ1n) is 2.04. The van der Waals surface area contributed by atoms with Gasteiger partial charge in [-0.15, -0.1) is 0 Å². The molecule has 0 spiro atoms. The Bertz CT molecular complexity index is 122. The first kappa shape index (κ1) is 6.94. The summed E-state index contributed by atoms with van der Waals surface area (Å²) in [5.41, 5.74) is -0.257. The van der Waals surface area contributed by atoms with Crippen LogP contribution in [0.15, 0.2) is 12.2 Å². The highest BCUT2D eigenvalue weighted by atomic mass is 16.4. The van der Waals surface area contributed by atoms with Gasteiger partial charge in [-0.05, 0) is 6.08 Å². The lowest BCUT2D eigenvalue weighted by Gasteiger charge is -1.74. The van der Waals surface area contributed by atoms with Crippen molar-refractivity contribution in [2.45, 2.75) is 0 Å². The molecule has 0 aliphatic rings. The Kier molecular flexibility index (Phi) is 2.62. The number of aliphatic carboxylic acids is 1. The lowest BCUT2D eigenvalue weighted by Crippen LogP contribution is -1.92. The number of rotatable bonds is 2. The molecule has 0 aromatic rings. The van der Waals surface area contributed by atoms with E-state index in [2.05, 4.69) is 0 Å². The summed E-state index contributed by atoms with van der Waals surface area (Å²) in [4.78, 5) is 19.7. The summed E-state index contributed by atoms with van der Waals surface area (Å²) in [6, 6.07) is 0. The van der Waals surface area contributed by atoms with Crippen molar-refractivity contribution >= 4 is 19.5 Å². The molecule has 0 bridgehead atoms. The summed E-state index contributed by atoms with van der Waals surface area (Å²) < 4.78 is 0. The number of carboxylic acids is 1. The smallest absolute Gasteiger partial charge is 0.328 e. The molecule has 0 amide bonds. The van der Waals surface area contributed by atoms with Crippen LogP contribution in [0.3, 0.4) is 0 Å². The van der Waals surface area contributed by atoms with Crippen molar-refractivity contribution in [3.05, 3.63) is 12.2 Å². The predicted octanol–water partition coefficient (Wildman–Crippen LogP) is -1.21. The molecule has 1 N–H and O–H groups in total. The summed E-state index contributed by atoms with van der Waals surface area (Å²) in [5, 5.41) is 7.92. The minimum absolute atomic E-state index is 0.257.